The van der Waals surface area contributed by atoms with Crippen LogP contribution in [-0.4, -0.2) is 10.1 Å². The van der Waals surface area contributed by atoms with Gasteiger partial charge in [0.25, 0.3) is 0 Å². The predicted octanol–water partition coefficient (Wildman–Crippen LogP) is 13.3. The van der Waals surface area contributed by atoms with Gasteiger partial charge in [0.15, 0.2) is 0 Å². The van der Waals surface area contributed by atoms with Crippen molar-refractivity contribution < 1.29 is 0 Å². The molecule has 1 aliphatic heterocycles. The van der Waals surface area contributed by atoms with E-state index < -0.39 is 0 Å². The minimum Gasteiger partial charge on any atom is -0.397 e. The Morgan fingerprint density at radius 2 is 1.29 bits per heavy atom. The number of thiophene rings is 1. The van der Waals surface area contributed by atoms with E-state index >= 15 is 0 Å². The lowest BCUT2D eigenvalue weighted by Gasteiger charge is -2.41. The van der Waals surface area contributed by atoms with E-state index in [1.165, 1.54) is 60.2 Å². The summed E-state index contributed by atoms with van der Waals surface area (Å²) in [6.45, 7) is 2.41. The van der Waals surface area contributed by atoms with Crippen molar-refractivity contribution in [2.45, 2.75) is 31.0 Å². The normalized spacial score (nSPS) is 17.2. The average Bonchev–Trinajstić information content (AvgIpc) is 3.88. The molecule has 11 rings (SSSR count). The molecular formula is C53H42N4S. The van der Waals surface area contributed by atoms with Gasteiger partial charge in [-0.05, 0) is 82.8 Å². The zero-order valence-corrected chi connectivity index (χ0v) is 33.0. The minimum absolute atomic E-state index is 0.233. The molecule has 2 aromatic heterocycles. The topological polar surface area (TPSA) is 60.2 Å². The number of allylic oxidation sites excluding steroid dienone is 2. The number of para-hydroxylation sites is 2. The van der Waals surface area contributed by atoms with Gasteiger partial charge in [0.05, 0.1) is 28.2 Å². The third-order valence-electron chi connectivity index (χ3n) is 12.5. The Kier molecular flexibility index (Phi) is 8.04. The molecule has 2 aliphatic rings. The first-order chi connectivity index (χ1) is 28.5. The molecule has 1 aliphatic carbocycles. The van der Waals surface area contributed by atoms with Crippen LogP contribution in [0.2, 0.25) is 0 Å². The van der Waals surface area contributed by atoms with Crippen LogP contribution in [0.3, 0.4) is 0 Å². The van der Waals surface area contributed by atoms with E-state index in [1.807, 2.05) is 6.07 Å². The third kappa shape index (κ3) is 5.31. The monoisotopic (exact) mass is 766 g/mol. The molecule has 0 radical (unpaired) electrons. The molecule has 0 bridgehead atoms. The molecule has 4 N–H and O–H groups in total. The van der Waals surface area contributed by atoms with Gasteiger partial charge in [0.2, 0.25) is 0 Å². The largest absolute Gasteiger partial charge is 0.397 e. The minimum atomic E-state index is -0.338. The van der Waals surface area contributed by atoms with Crippen LogP contribution < -0.4 is 16.4 Å². The molecule has 0 spiro atoms. The zero-order valence-electron chi connectivity index (χ0n) is 32.2. The van der Waals surface area contributed by atoms with Crippen LogP contribution >= 0.6 is 11.3 Å². The lowest BCUT2D eigenvalue weighted by molar-refractivity contribution is 0.517. The number of anilines is 3. The second-order valence-electron chi connectivity index (χ2n) is 15.9. The van der Waals surface area contributed by atoms with E-state index in [9.17, 15) is 0 Å². The maximum absolute atomic E-state index is 7.40. The fraction of sp³-hybridized carbons (Fsp3) is 0.0943. The highest BCUT2D eigenvalue weighted by Gasteiger charge is 2.46. The molecule has 280 valence electrons. The first kappa shape index (κ1) is 34.6. The highest BCUT2D eigenvalue weighted by atomic mass is 32.1. The van der Waals surface area contributed by atoms with Gasteiger partial charge in [-0.3, -0.25) is 0 Å². The van der Waals surface area contributed by atoms with Crippen LogP contribution in [0.25, 0.3) is 54.2 Å². The van der Waals surface area contributed by atoms with Crippen molar-refractivity contribution in [1.82, 2.24) is 4.57 Å². The maximum atomic E-state index is 7.40. The van der Waals surface area contributed by atoms with Gasteiger partial charge < -0.3 is 20.9 Å². The maximum Gasteiger partial charge on any atom is 0.0897 e. The fourth-order valence-electron chi connectivity index (χ4n) is 9.81. The molecule has 3 heterocycles. The Balaban J connectivity index is 1.05. The standard InChI is InChI=1S/C53H42N4S/c1-53-33-38(27-29-44(53)41-22-9-12-25-47(41)57(53)39-20-14-19-36(31-39)34-15-4-2-5-16-34)37-28-30-46-43(32-37)40-21-8-11-24-45(40)56(46)51(49(54)35-17-6-3-7-18-35)52-50(55)42-23-10-13-26-48(42)58-52/h2-32,49,51H,33,54-55H2,1H3/t49-,51?,53?/m0/s1. The van der Waals surface area contributed by atoms with E-state index in [-0.39, 0.29) is 17.6 Å². The Morgan fingerprint density at radius 1 is 0.603 bits per heavy atom. The second kappa shape index (κ2) is 13.5. The van der Waals surface area contributed by atoms with Crippen LogP contribution in [0.5, 0.6) is 0 Å². The van der Waals surface area contributed by atoms with E-state index in [0.29, 0.717) is 0 Å². The average molecular weight is 767 g/mol. The SMILES string of the molecule is CC12CC(c3ccc4c(c3)c3ccccc3n4C(c3sc4ccccc4c3N)[C@@H](N)c3ccccc3)=CC=C1c1ccccc1N2c1cccc(-c2ccccc2)c1. The number of nitrogens with zero attached hydrogens (tertiary/aromatic N) is 2. The Labute approximate surface area is 342 Å². The van der Waals surface area contributed by atoms with Crippen molar-refractivity contribution in [3.05, 3.63) is 210 Å². The number of nitrogens with two attached hydrogens (primary N) is 2. The number of hydrogen-bond donors (Lipinski definition) is 2. The van der Waals surface area contributed by atoms with Crippen molar-refractivity contribution in [1.29, 1.82) is 0 Å². The number of benzene rings is 7. The van der Waals surface area contributed by atoms with Crippen molar-refractivity contribution in [2.75, 3.05) is 10.6 Å². The Morgan fingerprint density at radius 3 is 2.12 bits per heavy atom. The molecule has 5 heteroatoms. The molecule has 3 atom stereocenters. The highest BCUT2D eigenvalue weighted by Crippen LogP contribution is 2.56. The highest BCUT2D eigenvalue weighted by molar-refractivity contribution is 7.19. The van der Waals surface area contributed by atoms with Crippen LogP contribution in [0.4, 0.5) is 17.1 Å². The van der Waals surface area contributed by atoms with Crippen molar-refractivity contribution in [2.24, 2.45) is 5.73 Å². The van der Waals surface area contributed by atoms with E-state index in [2.05, 4.69) is 198 Å². The van der Waals surface area contributed by atoms with E-state index in [1.54, 1.807) is 11.3 Å². The quantitative estimate of drug-likeness (QED) is 0.170. The summed E-state index contributed by atoms with van der Waals surface area (Å²) in [5, 5.41) is 3.49. The van der Waals surface area contributed by atoms with Gasteiger partial charge in [-0.2, -0.15) is 0 Å². The number of nitrogen functional groups attached to an aromatic ring is 1. The fourth-order valence-corrected chi connectivity index (χ4v) is 11.1. The van der Waals surface area contributed by atoms with Crippen molar-refractivity contribution in [3.8, 4) is 11.1 Å². The molecule has 0 saturated heterocycles. The number of rotatable bonds is 7. The zero-order chi connectivity index (χ0) is 39.0. The predicted molar refractivity (Wildman–Crippen MR) is 247 cm³/mol. The van der Waals surface area contributed by atoms with Crippen molar-refractivity contribution in [3.63, 3.8) is 0 Å². The van der Waals surface area contributed by atoms with Gasteiger partial charge in [0.1, 0.15) is 0 Å². The van der Waals surface area contributed by atoms with Gasteiger partial charge >= 0.3 is 0 Å². The van der Waals surface area contributed by atoms with Gasteiger partial charge in [-0.25, -0.2) is 0 Å². The van der Waals surface area contributed by atoms with Crippen LogP contribution in [0, 0.1) is 0 Å². The summed E-state index contributed by atoms with van der Waals surface area (Å²) in [5.41, 5.74) is 28.4. The molecular weight excluding hydrogens is 725 g/mol. The van der Waals surface area contributed by atoms with E-state index in [0.717, 1.165) is 39.0 Å². The second-order valence-corrected chi connectivity index (χ2v) is 17.0. The Bertz CT molecular complexity index is 3100. The van der Waals surface area contributed by atoms with Crippen LogP contribution in [0.1, 0.15) is 47.0 Å². The lowest BCUT2D eigenvalue weighted by atomic mass is 9.78. The summed E-state index contributed by atoms with van der Waals surface area (Å²) >= 11 is 1.75. The molecule has 0 amide bonds. The molecule has 0 saturated carbocycles. The lowest BCUT2D eigenvalue weighted by Crippen LogP contribution is -2.41. The Hall–Kier alpha value is -6.66. The molecule has 58 heavy (non-hydrogen) atoms. The third-order valence-corrected chi connectivity index (χ3v) is 13.8. The first-order valence-corrected chi connectivity index (χ1v) is 20.9. The first-order valence-electron chi connectivity index (χ1n) is 20.0. The summed E-state index contributed by atoms with van der Waals surface area (Å²) < 4.78 is 3.62. The molecule has 9 aromatic rings. The summed E-state index contributed by atoms with van der Waals surface area (Å²) in [6, 6.07) is 62.7. The smallest absolute Gasteiger partial charge is 0.0897 e. The molecule has 4 nitrogen and oxygen atoms in total. The molecule has 7 aromatic carbocycles. The van der Waals surface area contributed by atoms with Gasteiger partial charge in [-0.1, -0.05) is 146 Å². The van der Waals surface area contributed by atoms with Crippen LogP contribution in [0.15, 0.2) is 188 Å². The molecule has 0 fully saturated rings. The molecule has 2 unspecified atom stereocenters. The summed E-state index contributed by atoms with van der Waals surface area (Å²) in [6.07, 6.45) is 5.57. The number of fused-ring (bicyclic) bond motifs is 7. The van der Waals surface area contributed by atoms with Crippen LogP contribution in [-0.2, 0) is 0 Å². The number of aromatic nitrogens is 1. The van der Waals surface area contributed by atoms with E-state index in [4.69, 9.17) is 11.5 Å². The summed E-state index contributed by atoms with van der Waals surface area (Å²) in [5.74, 6) is 0. The summed E-state index contributed by atoms with van der Waals surface area (Å²) in [7, 11) is 0. The van der Waals surface area contributed by atoms with Gasteiger partial charge in [0, 0.05) is 55.3 Å². The van der Waals surface area contributed by atoms with Crippen molar-refractivity contribution >= 4 is 71.4 Å². The number of hydrogen-bond acceptors (Lipinski definition) is 4. The summed E-state index contributed by atoms with van der Waals surface area (Å²) in [4.78, 5) is 3.66. The van der Waals surface area contributed by atoms with Gasteiger partial charge in [-0.15, -0.1) is 11.3 Å².